The van der Waals surface area contributed by atoms with Crippen LogP contribution in [0.15, 0.2) is 91.4 Å². The number of ether oxygens (including phenoxy) is 1. The molecule has 0 radical (unpaired) electrons. The summed E-state index contributed by atoms with van der Waals surface area (Å²) in [5, 5.41) is 12.5. The van der Waals surface area contributed by atoms with E-state index < -0.39 is 11.8 Å². The molecule has 1 N–H and O–H groups in total. The van der Waals surface area contributed by atoms with Gasteiger partial charge in [0.25, 0.3) is 5.91 Å². The van der Waals surface area contributed by atoms with Gasteiger partial charge in [0, 0.05) is 41.8 Å². The first kappa shape index (κ1) is 25.8. The van der Waals surface area contributed by atoms with Crippen molar-refractivity contribution in [1.82, 2.24) is 14.9 Å². The summed E-state index contributed by atoms with van der Waals surface area (Å²) in [7, 11) is 1.57. The van der Waals surface area contributed by atoms with Crippen molar-refractivity contribution in [2.24, 2.45) is 0 Å². The molecule has 0 bridgehead atoms. The maximum atomic E-state index is 13.2. The fourth-order valence-electron chi connectivity index (χ4n) is 4.03. The minimum Gasteiger partial charge on any atom is -0.381 e. The van der Waals surface area contributed by atoms with Gasteiger partial charge in [0.1, 0.15) is 5.60 Å². The lowest BCUT2D eigenvalue weighted by Gasteiger charge is -2.25. The Hall–Kier alpha value is -3.29. The monoisotopic (exact) mass is 521 g/mol. The van der Waals surface area contributed by atoms with Crippen LogP contribution in [-0.2, 0) is 16.9 Å². The third-order valence-corrected chi connectivity index (χ3v) is 6.45. The summed E-state index contributed by atoms with van der Waals surface area (Å²) in [5.41, 5.74) is 2.05. The van der Waals surface area contributed by atoms with Crippen LogP contribution in [0.5, 0.6) is 0 Å². The first-order chi connectivity index (χ1) is 17.3. The van der Waals surface area contributed by atoms with Crippen molar-refractivity contribution in [1.29, 1.82) is 0 Å². The van der Waals surface area contributed by atoms with E-state index in [4.69, 9.17) is 27.9 Å². The third kappa shape index (κ3) is 5.58. The number of aromatic nitrogens is 2. The van der Waals surface area contributed by atoms with Crippen molar-refractivity contribution >= 4 is 29.1 Å². The molecule has 5 rings (SSSR count). The average molecular weight is 522 g/mol. The van der Waals surface area contributed by atoms with E-state index in [0.717, 1.165) is 10.6 Å². The molecule has 0 fully saturated rings. The highest BCUT2D eigenvalue weighted by atomic mass is 35.5. The van der Waals surface area contributed by atoms with Crippen LogP contribution in [0.3, 0.4) is 0 Å². The van der Waals surface area contributed by atoms with E-state index in [1.165, 1.54) is 0 Å². The number of halogens is 2. The molecule has 36 heavy (non-hydrogen) atoms. The van der Waals surface area contributed by atoms with Crippen molar-refractivity contribution in [3.8, 4) is 0 Å². The van der Waals surface area contributed by atoms with Gasteiger partial charge in [-0.05, 0) is 60.5 Å². The highest BCUT2D eigenvalue weighted by molar-refractivity contribution is 6.30. The molecule has 1 aliphatic rings. The summed E-state index contributed by atoms with van der Waals surface area (Å²) in [6, 6.07) is 21.9. The van der Waals surface area contributed by atoms with Gasteiger partial charge in [-0.15, -0.1) is 0 Å². The average Bonchev–Trinajstić information content (AvgIpc) is 3.16. The van der Waals surface area contributed by atoms with Gasteiger partial charge < -0.3 is 14.7 Å². The van der Waals surface area contributed by atoms with E-state index in [2.05, 4.69) is 9.97 Å². The van der Waals surface area contributed by atoms with Crippen LogP contribution in [-0.4, -0.2) is 33.0 Å². The standard InChI is InChI=1S/C22H20ClN3O3.C6H5Cl/c1-22(28,14-7-9-24-10-8-14)15-3-6-18-19(11-15)20(27)26(21(18)29-2)13-17-5-4-16(23)12-25-17;7-6-4-2-1-3-5-6/h3-12,21,28H,13H2,1-2H3;1-5H/t21-,22?;/m1./s1. The SMILES string of the molecule is CO[C@@H]1c2ccc(C(C)(O)c3ccncc3)cc2C(=O)N1Cc1ccc(Cl)cn1.Clc1ccccc1. The highest BCUT2D eigenvalue weighted by Crippen LogP contribution is 2.38. The van der Waals surface area contributed by atoms with Gasteiger partial charge in [-0.1, -0.05) is 53.5 Å². The van der Waals surface area contributed by atoms with Crippen LogP contribution >= 0.6 is 23.2 Å². The number of aliphatic hydroxyl groups is 1. The fraction of sp³-hybridized carbons (Fsp3) is 0.179. The van der Waals surface area contributed by atoms with E-state index in [-0.39, 0.29) is 5.91 Å². The van der Waals surface area contributed by atoms with Crippen molar-refractivity contribution in [2.75, 3.05) is 7.11 Å². The molecule has 6 nitrogen and oxygen atoms in total. The number of amides is 1. The quantitative estimate of drug-likeness (QED) is 0.347. The van der Waals surface area contributed by atoms with Gasteiger partial charge in [0.15, 0.2) is 6.23 Å². The molecule has 0 saturated carbocycles. The molecular weight excluding hydrogens is 497 g/mol. The van der Waals surface area contributed by atoms with Crippen LogP contribution in [0.1, 0.15) is 45.9 Å². The first-order valence-electron chi connectivity index (χ1n) is 11.2. The van der Waals surface area contributed by atoms with E-state index in [9.17, 15) is 9.90 Å². The molecule has 184 valence electrons. The van der Waals surface area contributed by atoms with Gasteiger partial charge in [-0.3, -0.25) is 14.8 Å². The smallest absolute Gasteiger partial charge is 0.256 e. The van der Waals surface area contributed by atoms with Crippen LogP contribution < -0.4 is 0 Å². The van der Waals surface area contributed by atoms with Gasteiger partial charge >= 0.3 is 0 Å². The molecule has 3 heterocycles. The lowest BCUT2D eigenvalue weighted by Crippen LogP contribution is -2.29. The second-order valence-electron chi connectivity index (χ2n) is 8.39. The Morgan fingerprint density at radius 2 is 1.69 bits per heavy atom. The molecule has 1 unspecified atom stereocenters. The zero-order valence-corrected chi connectivity index (χ0v) is 21.3. The maximum Gasteiger partial charge on any atom is 0.256 e. The van der Waals surface area contributed by atoms with Gasteiger partial charge in [0.05, 0.1) is 17.3 Å². The van der Waals surface area contributed by atoms with Crippen molar-refractivity contribution in [2.45, 2.75) is 25.3 Å². The predicted molar refractivity (Wildman–Crippen MR) is 140 cm³/mol. The first-order valence-corrected chi connectivity index (χ1v) is 12.0. The number of hydrogen-bond donors (Lipinski definition) is 1. The fourth-order valence-corrected chi connectivity index (χ4v) is 4.29. The summed E-state index contributed by atoms with van der Waals surface area (Å²) in [6.45, 7) is 1.99. The Labute approximate surface area is 220 Å². The van der Waals surface area contributed by atoms with Crippen molar-refractivity contribution in [3.63, 3.8) is 0 Å². The molecule has 2 aromatic heterocycles. The lowest BCUT2D eigenvalue weighted by atomic mass is 9.87. The number of benzene rings is 2. The molecule has 8 heteroatoms. The summed E-state index contributed by atoms with van der Waals surface area (Å²) >= 11 is 11.4. The van der Waals surface area contributed by atoms with Gasteiger partial charge in [0.2, 0.25) is 0 Å². The second kappa shape index (κ2) is 11.2. The molecule has 0 aliphatic carbocycles. The zero-order valence-electron chi connectivity index (χ0n) is 19.8. The number of fused-ring (bicyclic) bond motifs is 1. The maximum absolute atomic E-state index is 13.2. The second-order valence-corrected chi connectivity index (χ2v) is 9.27. The van der Waals surface area contributed by atoms with E-state index in [0.29, 0.717) is 34.0 Å². The summed E-state index contributed by atoms with van der Waals surface area (Å²) in [5.74, 6) is -0.170. The van der Waals surface area contributed by atoms with Crippen molar-refractivity contribution < 1.29 is 14.6 Å². The number of carbonyl (C=O) groups excluding carboxylic acids is 1. The summed E-state index contributed by atoms with van der Waals surface area (Å²) < 4.78 is 5.61. The highest BCUT2D eigenvalue weighted by Gasteiger charge is 2.38. The number of carbonyl (C=O) groups is 1. The minimum atomic E-state index is -1.26. The number of methoxy groups -OCH3 is 1. The number of rotatable bonds is 5. The topological polar surface area (TPSA) is 75.6 Å². The lowest BCUT2D eigenvalue weighted by molar-refractivity contribution is -0.0167. The summed E-state index contributed by atoms with van der Waals surface area (Å²) in [4.78, 5) is 23.0. The third-order valence-electron chi connectivity index (χ3n) is 5.98. The molecular formula is C28H25Cl2N3O3. The molecule has 2 aromatic carbocycles. The summed E-state index contributed by atoms with van der Waals surface area (Å²) in [6.07, 6.45) is 4.29. The molecule has 4 aromatic rings. The number of hydrogen-bond acceptors (Lipinski definition) is 5. The Kier molecular flexibility index (Phi) is 8.01. The number of nitrogens with zero attached hydrogens (tertiary/aromatic N) is 3. The molecule has 2 atom stereocenters. The van der Waals surface area contributed by atoms with Gasteiger partial charge in [-0.2, -0.15) is 0 Å². The molecule has 0 saturated heterocycles. The van der Waals surface area contributed by atoms with Gasteiger partial charge in [-0.25, -0.2) is 0 Å². The Balaban J connectivity index is 0.000000375. The van der Waals surface area contributed by atoms with Crippen LogP contribution in [0.4, 0.5) is 0 Å². The Bertz CT molecular complexity index is 1320. The Morgan fingerprint density at radius 3 is 2.28 bits per heavy atom. The van der Waals surface area contributed by atoms with Crippen molar-refractivity contribution in [3.05, 3.63) is 129 Å². The normalized spacial score (nSPS) is 16.1. The van der Waals surface area contributed by atoms with Crippen LogP contribution in [0.25, 0.3) is 0 Å². The van der Waals surface area contributed by atoms with Crippen LogP contribution in [0.2, 0.25) is 10.0 Å². The minimum absolute atomic E-state index is 0.170. The predicted octanol–water partition coefficient (Wildman–Crippen LogP) is 6.03. The van der Waals surface area contributed by atoms with E-state index in [1.807, 2.05) is 42.5 Å². The molecule has 1 amide bonds. The Morgan fingerprint density at radius 1 is 0.972 bits per heavy atom. The van der Waals surface area contributed by atoms with Crippen LogP contribution in [0, 0.1) is 0 Å². The van der Waals surface area contributed by atoms with E-state index >= 15 is 0 Å². The zero-order chi connectivity index (χ0) is 25.7. The largest absolute Gasteiger partial charge is 0.381 e. The molecule has 1 aliphatic heterocycles. The molecule has 0 spiro atoms. The van der Waals surface area contributed by atoms with E-state index in [1.54, 1.807) is 67.9 Å². The number of pyridine rings is 2.